The molecule has 0 aliphatic carbocycles. The van der Waals surface area contributed by atoms with Gasteiger partial charge >= 0.3 is 0 Å². The van der Waals surface area contributed by atoms with Gasteiger partial charge in [-0.3, -0.25) is 4.79 Å². The first-order chi connectivity index (χ1) is 11.6. The number of halogens is 2. The van der Waals surface area contributed by atoms with Gasteiger partial charge in [-0.05, 0) is 31.0 Å². The third-order valence-electron chi connectivity index (χ3n) is 3.71. The standard InChI is InChI=1S/C16H16Cl2N2O3S/c1-22-13-5-4-10(17)7-12(13)15(21)19-16-20(9-14(18)24-16)8-11-3-2-6-23-11/h4-5,7,9,11H,2-3,6,8H2,1H3/b19-16-/t11-/m1/s1. The Morgan fingerprint density at radius 2 is 2.33 bits per heavy atom. The first-order valence-electron chi connectivity index (χ1n) is 7.47. The van der Waals surface area contributed by atoms with E-state index in [9.17, 15) is 4.79 Å². The van der Waals surface area contributed by atoms with Gasteiger partial charge in [-0.1, -0.05) is 34.5 Å². The van der Waals surface area contributed by atoms with Crippen LogP contribution in [0.5, 0.6) is 5.75 Å². The summed E-state index contributed by atoms with van der Waals surface area (Å²) >= 11 is 13.3. The minimum absolute atomic E-state index is 0.130. The number of carbonyl (C=O) groups is 1. The third kappa shape index (κ3) is 4.00. The molecule has 1 amide bonds. The van der Waals surface area contributed by atoms with Crippen LogP contribution in [0.15, 0.2) is 29.4 Å². The Kier molecular flexibility index (Phi) is 5.61. The van der Waals surface area contributed by atoms with E-state index in [1.807, 2.05) is 4.57 Å². The van der Waals surface area contributed by atoms with E-state index >= 15 is 0 Å². The number of aromatic nitrogens is 1. The number of hydrogen-bond donors (Lipinski definition) is 0. The summed E-state index contributed by atoms with van der Waals surface area (Å²) < 4.78 is 13.3. The number of carbonyl (C=O) groups excluding carboxylic acids is 1. The molecule has 2 heterocycles. The number of methoxy groups -OCH3 is 1. The van der Waals surface area contributed by atoms with Crippen LogP contribution in [0.3, 0.4) is 0 Å². The zero-order valence-electron chi connectivity index (χ0n) is 13.0. The number of hydrogen-bond acceptors (Lipinski definition) is 4. The van der Waals surface area contributed by atoms with Crippen LogP contribution < -0.4 is 9.54 Å². The quantitative estimate of drug-likeness (QED) is 0.802. The molecule has 0 saturated carbocycles. The highest BCUT2D eigenvalue weighted by atomic mass is 35.5. The summed E-state index contributed by atoms with van der Waals surface area (Å²) in [5.74, 6) is 0.00966. The number of ether oxygens (including phenoxy) is 2. The van der Waals surface area contributed by atoms with Crippen molar-refractivity contribution in [3.8, 4) is 5.75 Å². The van der Waals surface area contributed by atoms with Crippen LogP contribution in [-0.2, 0) is 11.3 Å². The summed E-state index contributed by atoms with van der Waals surface area (Å²) in [6, 6.07) is 4.86. The van der Waals surface area contributed by atoms with Crippen LogP contribution in [0.4, 0.5) is 0 Å². The van der Waals surface area contributed by atoms with Crippen molar-refractivity contribution in [1.29, 1.82) is 0 Å². The van der Waals surface area contributed by atoms with Crippen molar-refractivity contribution in [3.05, 3.63) is 44.1 Å². The van der Waals surface area contributed by atoms with Gasteiger partial charge in [-0.2, -0.15) is 4.99 Å². The zero-order chi connectivity index (χ0) is 17.1. The molecule has 8 heteroatoms. The molecule has 0 N–H and O–H groups in total. The smallest absolute Gasteiger partial charge is 0.283 e. The Hall–Kier alpha value is -1.34. The van der Waals surface area contributed by atoms with Crippen LogP contribution in [0.25, 0.3) is 0 Å². The second kappa shape index (κ2) is 7.70. The maximum atomic E-state index is 12.6. The lowest BCUT2D eigenvalue weighted by Gasteiger charge is -2.10. The van der Waals surface area contributed by atoms with Gasteiger partial charge in [0.25, 0.3) is 5.91 Å². The summed E-state index contributed by atoms with van der Waals surface area (Å²) in [6.07, 6.45) is 3.95. The van der Waals surface area contributed by atoms with E-state index < -0.39 is 5.91 Å². The molecule has 1 aromatic carbocycles. The molecule has 1 aliphatic rings. The normalized spacial score (nSPS) is 18.1. The maximum absolute atomic E-state index is 12.6. The minimum Gasteiger partial charge on any atom is -0.496 e. The van der Waals surface area contributed by atoms with Gasteiger partial charge in [-0.25, -0.2) is 0 Å². The van der Waals surface area contributed by atoms with Gasteiger partial charge in [0.1, 0.15) is 10.1 Å². The van der Waals surface area contributed by atoms with E-state index in [0.717, 1.165) is 19.4 Å². The van der Waals surface area contributed by atoms with E-state index in [2.05, 4.69) is 4.99 Å². The molecule has 0 bridgehead atoms. The summed E-state index contributed by atoms with van der Waals surface area (Å²) in [4.78, 5) is 17.3. The minimum atomic E-state index is -0.422. The SMILES string of the molecule is COc1ccc(Cl)cc1C(=O)/N=c1\sc(Cl)cn1C[C@H]1CCCO1. The number of benzene rings is 1. The van der Waals surface area contributed by atoms with Crippen LogP contribution in [0.1, 0.15) is 23.2 Å². The van der Waals surface area contributed by atoms with Gasteiger partial charge in [0.15, 0.2) is 4.80 Å². The Morgan fingerprint density at radius 1 is 1.50 bits per heavy atom. The molecule has 128 valence electrons. The Balaban J connectivity index is 1.93. The fraction of sp³-hybridized carbons (Fsp3) is 0.375. The van der Waals surface area contributed by atoms with E-state index in [1.54, 1.807) is 24.4 Å². The van der Waals surface area contributed by atoms with Crippen molar-refractivity contribution in [1.82, 2.24) is 4.57 Å². The molecule has 1 saturated heterocycles. The molecule has 1 fully saturated rings. The van der Waals surface area contributed by atoms with Gasteiger partial charge in [0.05, 0.1) is 25.3 Å². The van der Waals surface area contributed by atoms with Gasteiger partial charge < -0.3 is 14.0 Å². The van der Waals surface area contributed by atoms with Crippen molar-refractivity contribution >= 4 is 40.4 Å². The zero-order valence-corrected chi connectivity index (χ0v) is 15.3. The first-order valence-corrected chi connectivity index (χ1v) is 9.04. The highest BCUT2D eigenvalue weighted by Crippen LogP contribution is 2.23. The summed E-state index contributed by atoms with van der Waals surface area (Å²) in [7, 11) is 1.50. The summed E-state index contributed by atoms with van der Waals surface area (Å²) in [6.45, 7) is 1.40. The molecule has 24 heavy (non-hydrogen) atoms. The Bertz CT molecular complexity index is 810. The number of thiazole rings is 1. The topological polar surface area (TPSA) is 52.8 Å². The van der Waals surface area contributed by atoms with Crippen LogP contribution in [0.2, 0.25) is 9.36 Å². The highest BCUT2D eigenvalue weighted by molar-refractivity contribution is 7.13. The average molecular weight is 387 g/mol. The Morgan fingerprint density at radius 3 is 3.04 bits per heavy atom. The van der Waals surface area contributed by atoms with Crippen LogP contribution in [-0.4, -0.2) is 30.3 Å². The van der Waals surface area contributed by atoms with Crippen molar-refractivity contribution in [2.24, 2.45) is 4.99 Å². The van der Waals surface area contributed by atoms with Gasteiger partial charge in [-0.15, -0.1) is 0 Å². The van der Waals surface area contributed by atoms with E-state index in [0.29, 0.717) is 32.0 Å². The molecule has 1 atom stereocenters. The maximum Gasteiger partial charge on any atom is 0.283 e. The van der Waals surface area contributed by atoms with E-state index in [4.69, 9.17) is 32.7 Å². The third-order valence-corrected chi connectivity index (χ3v) is 5.08. The molecular formula is C16H16Cl2N2O3S. The van der Waals surface area contributed by atoms with Crippen molar-refractivity contribution < 1.29 is 14.3 Å². The van der Waals surface area contributed by atoms with Crippen molar-refractivity contribution in [3.63, 3.8) is 0 Å². The lowest BCUT2D eigenvalue weighted by atomic mass is 10.2. The molecule has 2 aromatic rings. The first kappa shape index (κ1) is 17.5. The molecule has 0 unspecified atom stereocenters. The average Bonchev–Trinajstić information content (AvgIpc) is 3.18. The van der Waals surface area contributed by atoms with Crippen LogP contribution in [0, 0.1) is 0 Å². The number of rotatable bonds is 4. The Labute approximate surface area is 153 Å². The summed E-state index contributed by atoms with van der Waals surface area (Å²) in [5, 5.41) is 0.450. The molecule has 1 aromatic heterocycles. The number of nitrogens with zero attached hydrogens (tertiary/aromatic N) is 2. The highest BCUT2D eigenvalue weighted by Gasteiger charge is 2.18. The molecule has 0 spiro atoms. The molecule has 1 aliphatic heterocycles. The van der Waals surface area contributed by atoms with E-state index in [1.165, 1.54) is 18.4 Å². The molecule has 0 radical (unpaired) electrons. The molecule has 5 nitrogen and oxygen atoms in total. The number of amides is 1. The van der Waals surface area contributed by atoms with Crippen molar-refractivity contribution in [2.45, 2.75) is 25.5 Å². The van der Waals surface area contributed by atoms with E-state index in [-0.39, 0.29) is 6.10 Å². The summed E-state index contributed by atoms with van der Waals surface area (Å²) in [5.41, 5.74) is 0.318. The fourth-order valence-electron chi connectivity index (χ4n) is 2.57. The van der Waals surface area contributed by atoms with Crippen LogP contribution >= 0.6 is 34.5 Å². The van der Waals surface area contributed by atoms with Crippen molar-refractivity contribution in [2.75, 3.05) is 13.7 Å². The second-order valence-corrected chi connectivity index (χ2v) is 7.44. The lowest BCUT2D eigenvalue weighted by molar-refractivity contribution is 0.0949. The monoisotopic (exact) mass is 386 g/mol. The fourth-order valence-corrected chi connectivity index (χ4v) is 3.79. The lowest BCUT2D eigenvalue weighted by Crippen LogP contribution is -2.23. The van der Waals surface area contributed by atoms with Gasteiger partial charge in [0.2, 0.25) is 0 Å². The second-order valence-electron chi connectivity index (χ2n) is 5.37. The van der Waals surface area contributed by atoms with Gasteiger partial charge in [0, 0.05) is 17.8 Å². The molecular weight excluding hydrogens is 371 g/mol. The largest absolute Gasteiger partial charge is 0.496 e. The molecule has 3 rings (SSSR count). The predicted octanol–water partition coefficient (Wildman–Crippen LogP) is 3.79. The predicted molar refractivity (Wildman–Crippen MR) is 94.2 cm³/mol.